The summed E-state index contributed by atoms with van der Waals surface area (Å²) in [4.78, 5) is 22.3. The first kappa shape index (κ1) is 14.8. The van der Waals surface area contributed by atoms with E-state index in [1.807, 2.05) is 0 Å². The Morgan fingerprint density at radius 2 is 2.05 bits per heavy atom. The largest absolute Gasteiger partial charge is 0.508 e. The van der Waals surface area contributed by atoms with E-state index in [4.69, 9.17) is 5.11 Å². The topological polar surface area (TPSA) is 86.6 Å². The second-order valence-electron chi connectivity index (χ2n) is 4.25. The van der Waals surface area contributed by atoms with Crippen LogP contribution in [0.15, 0.2) is 30.4 Å². The fraction of sp³-hybridized carbons (Fsp3) is 0.286. The number of carbonyl (C=O) groups is 2. The minimum Gasteiger partial charge on any atom is -0.508 e. The quantitative estimate of drug-likeness (QED) is 0.538. The molecule has 0 spiro atoms. The minimum absolute atomic E-state index is 0.0360. The summed E-state index contributed by atoms with van der Waals surface area (Å²) < 4.78 is 0. The van der Waals surface area contributed by atoms with E-state index in [-0.39, 0.29) is 17.2 Å². The van der Waals surface area contributed by atoms with Crippen molar-refractivity contribution in [3.05, 3.63) is 41.5 Å². The van der Waals surface area contributed by atoms with Crippen molar-refractivity contribution >= 4 is 11.9 Å². The number of benzene rings is 1. The summed E-state index contributed by atoms with van der Waals surface area (Å²) in [5.41, 5.74) is 0.902. The summed E-state index contributed by atoms with van der Waals surface area (Å²) in [6.45, 7) is 5.53. The van der Waals surface area contributed by atoms with Gasteiger partial charge in [0.15, 0.2) is 0 Å². The van der Waals surface area contributed by atoms with Gasteiger partial charge in [-0.2, -0.15) is 0 Å². The molecule has 0 aromatic heterocycles. The fourth-order valence-corrected chi connectivity index (χ4v) is 1.66. The number of nitrogens with one attached hydrogen (secondary N) is 1. The Labute approximate surface area is 111 Å². The molecule has 1 rings (SSSR count). The Morgan fingerprint density at radius 3 is 2.63 bits per heavy atom. The molecule has 5 heteroatoms. The highest BCUT2D eigenvalue weighted by molar-refractivity contribution is 5.92. The SMILES string of the molecule is C=C(C)C(=O)NCCCc1c(O)cccc1C(=O)O. The van der Waals surface area contributed by atoms with E-state index in [1.54, 1.807) is 6.92 Å². The van der Waals surface area contributed by atoms with Crippen molar-refractivity contribution in [1.82, 2.24) is 5.32 Å². The fourth-order valence-electron chi connectivity index (χ4n) is 1.66. The van der Waals surface area contributed by atoms with Crippen molar-refractivity contribution in [2.75, 3.05) is 6.54 Å². The molecule has 5 nitrogen and oxygen atoms in total. The molecule has 0 saturated heterocycles. The lowest BCUT2D eigenvalue weighted by Crippen LogP contribution is -2.25. The van der Waals surface area contributed by atoms with Crippen LogP contribution in [-0.2, 0) is 11.2 Å². The number of hydrogen-bond acceptors (Lipinski definition) is 3. The van der Waals surface area contributed by atoms with Crippen molar-refractivity contribution in [2.45, 2.75) is 19.8 Å². The molecule has 0 atom stereocenters. The van der Waals surface area contributed by atoms with Crippen LogP contribution < -0.4 is 5.32 Å². The number of aromatic hydroxyl groups is 1. The summed E-state index contributed by atoms with van der Waals surface area (Å²) in [6, 6.07) is 4.39. The number of rotatable bonds is 6. The summed E-state index contributed by atoms with van der Waals surface area (Å²) >= 11 is 0. The van der Waals surface area contributed by atoms with Crippen molar-refractivity contribution in [1.29, 1.82) is 0 Å². The number of carbonyl (C=O) groups excluding carboxylic acids is 1. The predicted molar refractivity (Wildman–Crippen MR) is 71.2 cm³/mol. The van der Waals surface area contributed by atoms with E-state index in [0.717, 1.165) is 0 Å². The number of phenolic OH excluding ortho intramolecular Hbond substituents is 1. The Morgan fingerprint density at radius 1 is 1.37 bits per heavy atom. The number of carboxylic acids is 1. The van der Waals surface area contributed by atoms with Gasteiger partial charge in [0.1, 0.15) is 5.75 Å². The number of amides is 1. The van der Waals surface area contributed by atoms with Gasteiger partial charge in [0.25, 0.3) is 0 Å². The maximum Gasteiger partial charge on any atom is 0.336 e. The first-order chi connectivity index (χ1) is 8.93. The van der Waals surface area contributed by atoms with Gasteiger partial charge in [-0.25, -0.2) is 4.79 Å². The number of aromatic carboxylic acids is 1. The molecule has 0 heterocycles. The minimum atomic E-state index is -1.07. The van der Waals surface area contributed by atoms with Gasteiger partial charge in [0.2, 0.25) is 5.91 Å². The summed E-state index contributed by atoms with van der Waals surface area (Å²) in [5, 5.41) is 21.3. The molecule has 0 aliphatic heterocycles. The monoisotopic (exact) mass is 263 g/mol. The molecule has 19 heavy (non-hydrogen) atoms. The molecule has 0 aliphatic carbocycles. The lowest BCUT2D eigenvalue weighted by Gasteiger charge is -2.09. The van der Waals surface area contributed by atoms with E-state index in [2.05, 4.69) is 11.9 Å². The third-order valence-corrected chi connectivity index (χ3v) is 2.66. The summed E-state index contributed by atoms with van der Waals surface area (Å²) in [6.07, 6.45) is 0.918. The molecule has 0 fully saturated rings. The van der Waals surface area contributed by atoms with Gasteiger partial charge in [0, 0.05) is 17.7 Å². The predicted octanol–water partition coefficient (Wildman–Crippen LogP) is 1.72. The van der Waals surface area contributed by atoms with Gasteiger partial charge in [-0.3, -0.25) is 4.79 Å². The van der Waals surface area contributed by atoms with Crippen molar-refractivity contribution in [2.24, 2.45) is 0 Å². The van der Waals surface area contributed by atoms with E-state index in [1.165, 1.54) is 18.2 Å². The zero-order chi connectivity index (χ0) is 14.4. The molecule has 102 valence electrons. The van der Waals surface area contributed by atoms with E-state index >= 15 is 0 Å². The van der Waals surface area contributed by atoms with Gasteiger partial charge >= 0.3 is 5.97 Å². The highest BCUT2D eigenvalue weighted by Crippen LogP contribution is 2.22. The second-order valence-corrected chi connectivity index (χ2v) is 4.25. The molecule has 1 aromatic carbocycles. The van der Waals surface area contributed by atoms with Crippen LogP contribution in [0.3, 0.4) is 0 Å². The van der Waals surface area contributed by atoms with Crippen LogP contribution in [0.5, 0.6) is 5.75 Å². The van der Waals surface area contributed by atoms with E-state index < -0.39 is 5.97 Å². The number of hydrogen-bond donors (Lipinski definition) is 3. The van der Waals surface area contributed by atoms with Crippen LogP contribution in [0.25, 0.3) is 0 Å². The normalized spacial score (nSPS) is 9.95. The summed E-state index contributed by atoms with van der Waals surface area (Å²) in [5.74, 6) is -1.33. The lowest BCUT2D eigenvalue weighted by atomic mass is 10.0. The standard InChI is InChI=1S/C14H17NO4/c1-9(2)13(17)15-8-4-6-10-11(14(18)19)5-3-7-12(10)16/h3,5,7,16H,1,4,6,8H2,2H3,(H,15,17)(H,18,19). The molecule has 1 aromatic rings. The summed E-state index contributed by atoms with van der Waals surface area (Å²) in [7, 11) is 0. The highest BCUT2D eigenvalue weighted by Gasteiger charge is 2.13. The maximum absolute atomic E-state index is 11.2. The molecular weight excluding hydrogens is 246 g/mol. The number of carboxylic acid groups (broad SMARTS) is 1. The molecule has 0 bridgehead atoms. The zero-order valence-corrected chi connectivity index (χ0v) is 10.8. The molecule has 1 amide bonds. The second kappa shape index (κ2) is 6.58. The Hall–Kier alpha value is -2.30. The lowest BCUT2D eigenvalue weighted by molar-refractivity contribution is -0.117. The Bertz CT molecular complexity index is 508. The Balaban J connectivity index is 2.61. The van der Waals surface area contributed by atoms with Crippen LogP contribution in [0, 0.1) is 0 Å². The van der Waals surface area contributed by atoms with Crippen molar-refractivity contribution < 1.29 is 19.8 Å². The van der Waals surface area contributed by atoms with Crippen molar-refractivity contribution in [3.8, 4) is 5.75 Å². The number of phenols is 1. The van der Waals surface area contributed by atoms with Gasteiger partial charge in [-0.05, 0) is 31.9 Å². The average Bonchev–Trinajstić information content (AvgIpc) is 2.35. The first-order valence-electron chi connectivity index (χ1n) is 5.91. The maximum atomic E-state index is 11.2. The van der Waals surface area contributed by atoms with Crippen LogP contribution >= 0.6 is 0 Å². The molecule has 3 N–H and O–H groups in total. The third kappa shape index (κ3) is 4.13. The molecular formula is C14H17NO4. The molecule has 0 unspecified atom stereocenters. The van der Waals surface area contributed by atoms with Crippen molar-refractivity contribution in [3.63, 3.8) is 0 Å². The van der Waals surface area contributed by atoms with Crippen LogP contribution in [-0.4, -0.2) is 28.6 Å². The zero-order valence-electron chi connectivity index (χ0n) is 10.8. The van der Waals surface area contributed by atoms with Gasteiger partial charge in [0.05, 0.1) is 5.56 Å². The Kier molecular flexibility index (Phi) is 5.11. The van der Waals surface area contributed by atoms with Gasteiger partial charge in [-0.1, -0.05) is 12.6 Å². The third-order valence-electron chi connectivity index (χ3n) is 2.66. The van der Waals surface area contributed by atoms with E-state index in [0.29, 0.717) is 30.5 Å². The first-order valence-corrected chi connectivity index (χ1v) is 5.91. The highest BCUT2D eigenvalue weighted by atomic mass is 16.4. The van der Waals surface area contributed by atoms with Gasteiger partial charge < -0.3 is 15.5 Å². The molecule has 0 saturated carbocycles. The van der Waals surface area contributed by atoms with Crippen LogP contribution in [0.1, 0.15) is 29.3 Å². The van der Waals surface area contributed by atoms with Gasteiger partial charge in [-0.15, -0.1) is 0 Å². The van der Waals surface area contributed by atoms with Crippen LogP contribution in [0.2, 0.25) is 0 Å². The smallest absolute Gasteiger partial charge is 0.336 e. The van der Waals surface area contributed by atoms with E-state index in [9.17, 15) is 14.7 Å². The average molecular weight is 263 g/mol. The molecule has 0 radical (unpaired) electrons. The van der Waals surface area contributed by atoms with Crippen LogP contribution in [0.4, 0.5) is 0 Å². The molecule has 0 aliphatic rings.